The highest BCUT2D eigenvalue weighted by Crippen LogP contribution is 2.29. The summed E-state index contributed by atoms with van der Waals surface area (Å²) in [4.78, 5) is 13.9. The van der Waals surface area contributed by atoms with Crippen molar-refractivity contribution < 1.29 is 40.4 Å². The first-order valence-corrected chi connectivity index (χ1v) is 9.70. The van der Waals surface area contributed by atoms with Crippen molar-refractivity contribution in [2.24, 2.45) is 0 Å². The SMILES string of the molecule is O=C(Cc1ccc(C(F)(F)F)cc1)OC(CN1CCOCC1)CS(=O)(=O)[O-]. The molecule has 1 aliphatic rings. The van der Waals surface area contributed by atoms with E-state index in [0.29, 0.717) is 26.3 Å². The Kier molecular flexibility index (Phi) is 7.20. The number of nitrogens with zero attached hydrogens (tertiary/aromatic N) is 1. The second-order valence-corrected chi connectivity index (χ2v) is 7.57. The molecule has 1 atom stereocenters. The van der Waals surface area contributed by atoms with E-state index in [0.717, 1.165) is 24.3 Å². The van der Waals surface area contributed by atoms with Gasteiger partial charge in [-0.05, 0) is 17.7 Å². The molecule has 2 rings (SSSR count). The molecule has 0 bridgehead atoms. The van der Waals surface area contributed by atoms with Crippen molar-refractivity contribution in [1.82, 2.24) is 4.90 Å². The van der Waals surface area contributed by atoms with Crippen LogP contribution in [0, 0.1) is 0 Å². The molecule has 1 unspecified atom stereocenters. The fourth-order valence-corrected chi connectivity index (χ4v) is 3.26. The topological polar surface area (TPSA) is 96.0 Å². The summed E-state index contributed by atoms with van der Waals surface area (Å²) in [6, 6.07) is 3.97. The fourth-order valence-electron chi connectivity index (χ4n) is 2.63. The van der Waals surface area contributed by atoms with Crippen LogP contribution in [0.1, 0.15) is 11.1 Å². The number of ether oxygens (including phenoxy) is 2. The van der Waals surface area contributed by atoms with E-state index in [-0.39, 0.29) is 18.5 Å². The summed E-state index contributed by atoms with van der Waals surface area (Å²) >= 11 is 0. The van der Waals surface area contributed by atoms with E-state index in [1.165, 1.54) is 0 Å². The molecule has 0 saturated carbocycles. The van der Waals surface area contributed by atoms with Crippen molar-refractivity contribution in [3.63, 3.8) is 0 Å². The molecule has 152 valence electrons. The Morgan fingerprint density at radius 1 is 1.22 bits per heavy atom. The summed E-state index contributed by atoms with van der Waals surface area (Å²) in [6.45, 7) is 1.95. The van der Waals surface area contributed by atoms with Crippen LogP contribution in [0.15, 0.2) is 24.3 Å². The molecular formula is C16H19F3NO6S-. The molecule has 1 heterocycles. The second kappa shape index (κ2) is 9.00. The van der Waals surface area contributed by atoms with Crippen LogP contribution in [0.3, 0.4) is 0 Å². The standard InChI is InChI=1S/C16H20F3NO6S/c17-16(18,19)13-3-1-12(2-4-13)9-15(21)26-14(11-27(22,23)24)10-20-5-7-25-8-6-20/h1-4,14H,5-11H2,(H,22,23,24)/p-1. The van der Waals surface area contributed by atoms with Gasteiger partial charge in [-0.3, -0.25) is 9.69 Å². The van der Waals surface area contributed by atoms with Crippen LogP contribution in [0.25, 0.3) is 0 Å². The molecule has 7 nitrogen and oxygen atoms in total. The van der Waals surface area contributed by atoms with Gasteiger partial charge in [0.15, 0.2) is 0 Å². The molecule has 0 aliphatic carbocycles. The maximum atomic E-state index is 12.5. The van der Waals surface area contributed by atoms with Crippen molar-refractivity contribution in [1.29, 1.82) is 0 Å². The average molecular weight is 410 g/mol. The number of carbonyl (C=O) groups excluding carboxylic acids is 1. The summed E-state index contributed by atoms with van der Waals surface area (Å²) in [5, 5.41) is 0. The Labute approximate surface area is 154 Å². The third kappa shape index (κ3) is 7.83. The zero-order valence-corrected chi connectivity index (χ0v) is 15.1. The number of benzene rings is 1. The second-order valence-electron chi connectivity index (χ2n) is 6.12. The van der Waals surface area contributed by atoms with Gasteiger partial charge in [0.25, 0.3) is 0 Å². The number of morpholine rings is 1. The molecule has 0 spiro atoms. The summed E-state index contributed by atoms with van der Waals surface area (Å²) in [7, 11) is -4.62. The molecule has 11 heteroatoms. The minimum atomic E-state index is -4.62. The van der Waals surface area contributed by atoms with Gasteiger partial charge in [-0.1, -0.05) is 12.1 Å². The highest BCUT2D eigenvalue weighted by Gasteiger charge is 2.30. The molecule has 1 fully saturated rings. The van der Waals surface area contributed by atoms with Crippen molar-refractivity contribution in [3.8, 4) is 0 Å². The van der Waals surface area contributed by atoms with E-state index in [1.807, 2.05) is 4.90 Å². The monoisotopic (exact) mass is 410 g/mol. The lowest BCUT2D eigenvalue weighted by Crippen LogP contribution is -2.44. The number of carbonyl (C=O) groups is 1. The Balaban J connectivity index is 1.97. The minimum Gasteiger partial charge on any atom is -0.748 e. The van der Waals surface area contributed by atoms with E-state index in [2.05, 4.69) is 0 Å². The van der Waals surface area contributed by atoms with Gasteiger partial charge in [0, 0.05) is 19.6 Å². The molecular weight excluding hydrogens is 391 g/mol. The van der Waals surface area contributed by atoms with Crippen LogP contribution in [0.4, 0.5) is 13.2 Å². The molecule has 0 amide bonds. The van der Waals surface area contributed by atoms with Crippen molar-refractivity contribution in [2.75, 3.05) is 38.6 Å². The molecule has 27 heavy (non-hydrogen) atoms. The molecule has 1 aromatic rings. The minimum absolute atomic E-state index is 0.0591. The average Bonchev–Trinajstić information content (AvgIpc) is 2.53. The summed E-state index contributed by atoms with van der Waals surface area (Å²) in [5.41, 5.74) is -0.564. The largest absolute Gasteiger partial charge is 0.748 e. The predicted octanol–water partition coefficient (Wildman–Crippen LogP) is 1.04. The fraction of sp³-hybridized carbons (Fsp3) is 0.562. The van der Waals surface area contributed by atoms with Gasteiger partial charge in [-0.15, -0.1) is 0 Å². The van der Waals surface area contributed by atoms with E-state index < -0.39 is 39.7 Å². The van der Waals surface area contributed by atoms with Crippen LogP contribution in [0.5, 0.6) is 0 Å². The lowest BCUT2D eigenvalue weighted by molar-refractivity contribution is -0.148. The maximum Gasteiger partial charge on any atom is 0.416 e. The van der Waals surface area contributed by atoms with Crippen molar-refractivity contribution in [2.45, 2.75) is 18.7 Å². The van der Waals surface area contributed by atoms with Crippen molar-refractivity contribution in [3.05, 3.63) is 35.4 Å². The number of halogens is 3. The number of alkyl halides is 3. The van der Waals surface area contributed by atoms with Crippen LogP contribution >= 0.6 is 0 Å². The molecule has 0 aromatic heterocycles. The van der Waals surface area contributed by atoms with Gasteiger partial charge in [0.1, 0.15) is 6.10 Å². The highest BCUT2D eigenvalue weighted by atomic mass is 32.2. The first-order valence-electron chi connectivity index (χ1n) is 8.12. The first kappa shape index (κ1) is 21.6. The van der Waals surface area contributed by atoms with Crippen molar-refractivity contribution >= 4 is 16.1 Å². The number of hydrogen-bond acceptors (Lipinski definition) is 7. The normalized spacial score (nSPS) is 17.5. The van der Waals surface area contributed by atoms with Gasteiger partial charge < -0.3 is 14.0 Å². The third-order valence-corrected chi connectivity index (χ3v) is 4.66. The summed E-state index contributed by atoms with van der Waals surface area (Å²) in [5.74, 6) is -1.69. The molecule has 1 aromatic carbocycles. The Hall–Kier alpha value is -1.69. The Morgan fingerprint density at radius 3 is 2.33 bits per heavy atom. The predicted molar refractivity (Wildman–Crippen MR) is 86.9 cm³/mol. The maximum absolute atomic E-state index is 12.5. The summed E-state index contributed by atoms with van der Waals surface area (Å²) in [6.07, 6.45) is -5.98. The third-order valence-electron chi connectivity index (χ3n) is 3.88. The Morgan fingerprint density at radius 2 is 1.81 bits per heavy atom. The van der Waals surface area contributed by atoms with E-state index in [4.69, 9.17) is 9.47 Å². The molecule has 0 radical (unpaired) electrons. The lowest BCUT2D eigenvalue weighted by atomic mass is 10.1. The van der Waals surface area contributed by atoms with Gasteiger partial charge in [0.05, 0.1) is 41.1 Å². The molecule has 0 N–H and O–H groups in total. The van der Waals surface area contributed by atoms with E-state index in [1.54, 1.807) is 0 Å². The van der Waals surface area contributed by atoms with Crippen LogP contribution in [-0.4, -0.2) is 68.5 Å². The first-order chi connectivity index (χ1) is 12.5. The van der Waals surface area contributed by atoms with Gasteiger partial charge in [-0.2, -0.15) is 13.2 Å². The molecule has 1 saturated heterocycles. The smallest absolute Gasteiger partial charge is 0.416 e. The van der Waals surface area contributed by atoms with E-state index in [9.17, 15) is 30.9 Å². The van der Waals surface area contributed by atoms with Gasteiger partial charge in [-0.25, -0.2) is 8.42 Å². The Bertz CT molecular complexity index is 730. The van der Waals surface area contributed by atoms with Crippen LogP contribution in [-0.2, 0) is 37.0 Å². The zero-order valence-electron chi connectivity index (χ0n) is 14.3. The van der Waals surface area contributed by atoms with Crippen LogP contribution in [0.2, 0.25) is 0 Å². The number of hydrogen-bond donors (Lipinski definition) is 0. The summed E-state index contributed by atoms with van der Waals surface area (Å²) < 4.78 is 81.1. The number of esters is 1. The number of rotatable bonds is 7. The lowest BCUT2D eigenvalue weighted by Gasteiger charge is -2.30. The van der Waals surface area contributed by atoms with Gasteiger partial charge >= 0.3 is 12.1 Å². The highest BCUT2D eigenvalue weighted by molar-refractivity contribution is 7.85. The quantitative estimate of drug-likeness (QED) is 0.489. The zero-order chi connectivity index (χ0) is 20.1. The van der Waals surface area contributed by atoms with Gasteiger partial charge in [0.2, 0.25) is 0 Å². The van der Waals surface area contributed by atoms with E-state index >= 15 is 0 Å². The van der Waals surface area contributed by atoms with Crippen LogP contribution < -0.4 is 0 Å². The molecule has 1 aliphatic heterocycles.